The predicted octanol–water partition coefficient (Wildman–Crippen LogP) is 5.21. The summed E-state index contributed by atoms with van der Waals surface area (Å²) in [4.78, 5) is 25.1. The van der Waals surface area contributed by atoms with E-state index in [0.29, 0.717) is 11.6 Å². The monoisotopic (exact) mass is 392 g/mol. The molecule has 150 valence electrons. The number of hydrogen-bond acceptors (Lipinski definition) is 2. The maximum absolute atomic E-state index is 13.2. The number of nitrogens with one attached hydrogen (secondary N) is 1. The van der Waals surface area contributed by atoms with Crippen molar-refractivity contribution in [1.82, 2.24) is 0 Å². The average molecular weight is 392 g/mol. The van der Waals surface area contributed by atoms with Crippen LogP contribution in [0.15, 0.2) is 48.5 Å². The van der Waals surface area contributed by atoms with Crippen LogP contribution < -0.4 is 10.2 Å². The molecule has 4 nitrogen and oxygen atoms in total. The molecule has 0 aliphatic rings. The molecule has 0 bridgehead atoms. The minimum atomic E-state index is -4.59. The van der Waals surface area contributed by atoms with Crippen molar-refractivity contribution in [3.05, 3.63) is 59.7 Å². The zero-order chi connectivity index (χ0) is 20.9. The number of anilines is 2. The molecule has 0 atom stereocenters. The molecule has 1 N–H and O–H groups in total. The summed E-state index contributed by atoms with van der Waals surface area (Å²) in [7, 11) is 0. The van der Waals surface area contributed by atoms with E-state index in [0.717, 1.165) is 16.5 Å². The van der Waals surface area contributed by atoms with E-state index in [-0.39, 0.29) is 24.6 Å². The molecule has 0 aliphatic heterocycles. The molecule has 0 spiro atoms. The van der Waals surface area contributed by atoms with Crippen LogP contribution in [0.5, 0.6) is 0 Å². The van der Waals surface area contributed by atoms with Gasteiger partial charge in [0.2, 0.25) is 11.8 Å². The minimum absolute atomic E-state index is 0.127. The van der Waals surface area contributed by atoms with Gasteiger partial charge in [-0.1, -0.05) is 38.1 Å². The van der Waals surface area contributed by atoms with Crippen LogP contribution in [-0.2, 0) is 15.8 Å². The highest BCUT2D eigenvalue weighted by molar-refractivity contribution is 5.95. The maximum Gasteiger partial charge on any atom is 0.418 e. The molecular formula is C21H23F3N2O2. The van der Waals surface area contributed by atoms with Crippen molar-refractivity contribution >= 4 is 23.2 Å². The van der Waals surface area contributed by atoms with Crippen molar-refractivity contribution in [2.75, 3.05) is 16.8 Å². The van der Waals surface area contributed by atoms with E-state index in [1.165, 1.54) is 25.1 Å². The third-order valence-electron chi connectivity index (χ3n) is 4.30. The van der Waals surface area contributed by atoms with Crippen LogP contribution in [0.4, 0.5) is 24.5 Å². The normalized spacial score (nSPS) is 11.4. The van der Waals surface area contributed by atoms with Crippen LogP contribution in [-0.4, -0.2) is 18.4 Å². The van der Waals surface area contributed by atoms with Crippen molar-refractivity contribution in [3.8, 4) is 0 Å². The summed E-state index contributed by atoms with van der Waals surface area (Å²) >= 11 is 0. The Hall–Kier alpha value is -2.83. The molecule has 28 heavy (non-hydrogen) atoms. The highest BCUT2D eigenvalue weighted by Gasteiger charge is 2.35. The third-order valence-corrected chi connectivity index (χ3v) is 4.30. The summed E-state index contributed by atoms with van der Waals surface area (Å²) < 4.78 is 39.7. The molecule has 0 aliphatic carbocycles. The number of alkyl halides is 3. The van der Waals surface area contributed by atoms with Gasteiger partial charge in [0.15, 0.2) is 0 Å². The highest BCUT2D eigenvalue weighted by atomic mass is 19.4. The molecule has 0 radical (unpaired) electrons. The Labute approximate surface area is 162 Å². The summed E-state index contributed by atoms with van der Waals surface area (Å²) in [6.07, 6.45) is -4.72. The number of rotatable bonds is 6. The van der Waals surface area contributed by atoms with Crippen molar-refractivity contribution in [2.24, 2.45) is 0 Å². The fourth-order valence-corrected chi connectivity index (χ4v) is 2.78. The van der Waals surface area contributed by atoms with Gasteiger partial charge in [-0.3, -0.25) is 9.59 Å². The number of nitrogens with zero attached hydrogens (tertiary/aromatic N) is 1. The van der Waals surface area contributed by atoms with Crippen molar-refractivity contribution in [2.45, 2.75) is 39.3 Å². The Balaban J connectivity index is 2.08. The number of carbonyl (C=O) groups excluding carboxylic acids is 2. The van der Waals surface area contributed by atoms with E-state index in [2.05, 4.69) is 19.2 Å². The van der Waals surface area contributed by atoms with E-state index in [1.54, 1.807) is 12.1 Å². The van der Waals surface area contributed by atoms with Crippen LogP contribution in [0.2, 0.25) is 0 Å². The van der Waals surface area contributed by atoms with Gasteiger partial charge in [-0.2, -0.15) is 13.2 Å². The summed E-state index contributed by atoms with van der Waals surface area (Å²) in [6.45, 7) is 5.14. The van der Waals surface area contributed by atoms with Crippen LogP contribution in [0.25, 0.3) is 0 Å². The van der Waals surface area contributed by atoms with E-state index >= 15 is 0 Å². The number of halogens is 3. The Bertz CT molecular complexity index is 830. The first-order valence-corrected chi connectivity index (χ1v) is 8.93. The van der Waals surface area contributed by atoms with Gasteiger partial charge >= 0.3 is 6.18 Å². The zero-order valence-corrected chi connectivity index (χ0v) is 16.0. The summed E-state index contributed by atoms with van der Waals surface area (Å²) in [6, 6.07) is 12.2. The number of benzene rings is 2. The SMILES string of the molecule is CC(=O)N(CCC(=O)Nc1ccc(C(C)C)cc1)c1ccccc1C(F)(F)F. The molecule has 7 heteroatoms. The lowest BCUT2D eigenvalue weighted by atomic mass is 10.0. The van der Waals surface area contributed by atoms with Gasteiger partial charge in [0, 0.05) is 25.6 Å². The fraction of sp³-hybridized carbons (Fsp3) is 0.333. The number of para-hydroxylation sites is 1. The van der Waals surface area contributed by atoms with Gasteiger partial charge < -0.3 is 10.2 Å². The van der Waals surface area contributed by atoms with Crippen LogP contribution >= 0.6 is 0 Å². The summed E-state index contributed by atoms with van der Waals surface area (Å²) in [5, 5.41) is 2.70. The van der Waals surface area contributed by atoms with E-state index in [1.807, 2.05) is 12.1 Å². The minimum Gasteiger partial charge on any atom is -0.326 e. The lowest BCUT2D eigenvalue weighted by Gasteiger charge is -2.24. The third kappa shape index (κ3) is 5.58. The number of amides is 2. The van der Waals surface area contributed by atoms with E-state index in [4.69, 9.17) is 0 Å². The van der Waals surface area contributed by atoms with E-state index in [9.17, 15) is 22.8 Å². The van der Waals surface area contributed by atoms with Gasteiger partial charge in [0.1, 0.15) is 0 Å². The lowest BCUT2D eigenvalue weighted by molar-refractivity contribution is -0.137. The lowest BCUT2D eigenvalue weighted by Crippen LogP contribution is -2.33. The Morgan fingerprint density at radius 2 is 1.64 bits per heavy atom. The molecule has 2 amide bonds. The standard InChI is InChI=1S/C21H23F3N2O2/c1-14(2)16-8-10-17(11-9-16)25-20(28)12-13-26(15(3)27)19-7-5-4-6-18(19)21(22,23)24/h4-11,14H,12-13H2,1-3H3,(H,25,28). The summed E-state index contributed by atoms with van der Waals surface area (Å²) in [5.74, 6) is -0.582. The first-order valence-electron chi connectivity index (χ1n) is 8.93. The molecule has 0 saturated heterocycles. The first-order chi connectivity index (χ1) is 13.1. The zero-order valence-electron chi connectivity index (χ0n) is 16.0. The summed E-state index contributed by atoms with van der Waals surface area (Å²) in [5.41, 5.74) is 0.565. The first kappa shape index (κ1) is 21.5. The molecule has 0 heterocycles. The molecule has 2 aromatic rings. The quantitative estimate of drug-likeness (QED) is 0.734. The Morgan fingerprint density at radius 1 is 1.04 bits per heavy atom. The average Bonchev–Trinajstić information content (AvgIpc) is 2.61. The second-order valence-electron chi connectivity index (χ2n) is 6.76. The van der Waals surface area contributed by atoms with Crippen LogP contribution in [0, 0.1) is 0 Å². The van der Waals surface area contributed by atoms with Gasteiger partial charge in [-0.25, -0.2) is 0 Å². The molecular weight excluding hydrogens is 369 g/mol. The van der Waals surface area contributed by atoms with E-state index < -0.39 is 17.6 Å². The number of carbonyl (C=O) groups is 2. The topological polar surface area (TPSA) is 49.4 Å². The Morgan fingerprint density at radius 3 is 2.18 bits per heavy atom. The number of hydrogen-bond donors (Lipinski definition) is 1. The van der Waals surface area contributed by atoms with Crippen LogP contribution in [0.1, 0.15) is 44.2 Å². The van der Waals surface area contributed by atoms with Crippen molar-refractivity contribution in [3.63, 3.8) is 0 Å². The second kappa shape index (κ2) is 8.91. The maximum atomic E-state index is 13.2. The Kier molecular flexibility index (Phi) is 6.83. The molecule has 2 rings (SSSR count). The molecule has 0 fully saturated rings. The predicted molar refractivity (Wildman–Crippen MR) is 103 cm³/mol. The second-order valence-corrected chi connectivity index (χ2v) is 6.76. The molecule has 0 aromatic heterocycles. The van der Waals surface area contributed by atoms with Crippen molar-refractivity contribution < 1.29 is 22.8 Å². The molecule has 0 saturated carbocycles. The van der Waals surface area contributed by atoms with Gasteiger partial charge in [0.25, 0.3) is 0 Å². The largest absolute Gasteiger partial charge is 0.418 e. The van der Waals surface area contributed by atoms with Gasteiger partial charge in [-0.05, 0) is 35.7 Å². The highest BCUT2D eigenvalue weighted by Crippen LogP contribution is 2.36. The fourth-order valence-electron chi connectivity index (χ4n) is 2.78. The molecule has 2 aromatic carbocycles. The smallest absolute Gasteiger partial charge is 0.326 e. The van der Waals surface area contributed by atoms with Crippen LogP contribution in [0.3, 0.4) is 0 Å². The van der Waals surface area contributed by atoms with Gasteiger partial charge in [0.05, 0.1) is 11.3 Å². The van der Waals surface area contributed by atoms with Crippen molar-refractivity contribution in [1.29, 1.82) is 0 Å². The van der Waals surface area contributed by atoms with Gasteiger partial charge in [-0.15, -0.1) is 0 Å². The molecule has 0 unspecified atom stereocenters.